The predicted molar refractivity (Wildman–Crippen MR) is 134 cm³/mol. The minimum Gasteiger partial charge on any atom is -0.282 e. The summed E-state index contributed by atoms with van der Waals surface area (Å²) in [6.45, 7) is 0. The van der Waals surface area contributed by atoms with E-state index >= 15 is 0 Å². The summed E-state index contributed by atoms with van der Waals surface area (Å²) >= 11 is 0. The maximum Gasteiger partial charge on any atom is 0.294 e. The van der Waals surface area contributed by atoms with Gasteiger partial charge in [-0.3, -0.25) is 4.55 Å². The van der Waals surface area contributed by atoms with Crippen molar-refractivity contribution in [1.82, 2.24) is 0 Å². The molecule has 0 saturated heterocycles. The minimum absolute atomic E-state index is 0. The SMILES string of the molecule is O=S(=O)(O)c1ccc(C2=CC3=NC2=CC2=NC(=CC4=NC(=CC5=NC(=C3)C=C5)C=C4)C=C2)cc1.[Zn]. The van der Waals surface area contributed by atoms with Gasteiger partial charge in [0, 0.05) is 25.1 Å². The summed E-state index contributed by atoms with van der Waals surface area (Å²) in [5, 5.41) is 0. The molecule has 8 bridgehead atoms. The molecule has 6 rings (SSSR count). The van der Waals surface area contributed by atoms with E-state index in [-0.39, 0.29) is 24.4 Å². The summed E-state index contributed by atoms with van der Waals surface area (Å²) in [6.07, 6.45) is 21.1. The molecule has 0 atom stereocenters. The molecule has 166 valence electrons. The molecular formula is C26H16N4O3SZn. The van der Waals surface area contributed by atoms with Gasteiger partial charge in [0.15, 0.2) is 0 Å². The van der Waals surface area contributed by atoms with Crippen LogP contribution >= 0.6 is 0 Å². The average molecular weight is 530 g/mol. The number of nitrogens with zero attached hydrogens (tertiary/aromatic N) is 4. The molecule has 7 nitrogen and oxygen atoms in total. The van der Waals surface area contributed by atoms with Crippen LogP contribution in [-0.4, -0.2) is 35.8 Å². The van der Waals surface area contributed by atoms with Crippen molar-refractivity contribution in [3.8, 4) is 0 Å². The van der Waals surface area contributed by atoms with Crippen LogP contribution in [0.15, 0.2) is 139 Å². The van der Waals surface area contributed by atoms with Crippen LogP contribution in [0.5, 0.6) is 0 Å². The van der Waals surface area contributed by atoms with Gasteiger partial charge in [-0.25, -0.2) is 20.0 Å². The van der Waals surface area contributed by atoms with E-state index in [2.05, 4.69) is 15.0 Å². The fraction of sp³-hybridized carbons (Fsp3) is 0. The molecule has 0 spiro atoms. The Labute approximate surface area is 214 Å². The number of fused-ring (bicyclic) bond motifs is 4. The van der Waals surface area contributed by atoms with Crippen molar-refractivity contribution in [2.45, 2.75) is 4.90 Å². The Hall–Kier alpha value is -3.65. The second-order valence-corrected chi connectivity index (χ2v) is 9.36. The van der Waals surface area contributed by atoms with Crippen LogP contribution in [0.2, 0.25) is 0 Å². The number of benzene rings is 1. The third-order valence-electron chi connectivity index (χ3n) is 5.50. The molecule has 35 heavy (non-hydrogen) atoms. The minimum atomic E-state index is -4.27. The van der Waals surface area contributed by atoms with Gasteiger partial charge in [0.05, 0.1) is 50.5 Å². The van der Waals surface area contributed by atoms with E-state index in [1.807, 2.05) is 66.8 Å². The number of rotatable bonds is 2. The van der Waals surface area contributed by atoms with Gasteiger partial charge in [0.2, 0.25) is 0 Å². The second kappa shape index (κ2) is 8.85. The maximum atomic E-state index is 11.4. The molecule has 5 aliphatic heterocycles. The zero-order valence-corrected chi connectivity index (χ0v) is 22.1. The third-order valence-corrected chi connectivity index (χ3v) is 6.37. The van der Waals surface area contributed by atoms with Gasteiger partial charge in [0.1, 0.15) is 0 Å². The first-order valence-corrected chi connectivity index (χ1v) is 11.9. The van der Waals surface area contributed by atoms with Gasteiger partial charge in [-0.05, 0) is 84.5 Å². The average Bonchev–Trinajstić information content (AvgIpc) is 3.58. The molecule has 1 aromatic rings. The Morgan fingerprint density at radius 3 is 1.57 bits per heavy atom. The van der Waals surface area contributed by atoms with Crippen LogP contribution in [-0.2, 0) is 29.6 Å². The summed E-state index contributed by atoms with van der Waals surface area (Å²) in [6, 6.07) is 6.03. The maximum absolute atomic E-state index is 11.4. The van der Waals surface area contributed by atoms with E-state index in [1.165, 1.54) is 12.1 Å². The van der Waals surface area contributed by atoms with E-state index in [0.29, 0.717) is 11.4 Å². The molecule has 0 radical (unpaired) electrons. The largest absolute Gasteiger partial charge is 0.294 e. The smallest absolute Gasteiger partial charge is 0.282 e. The normalized spacial score (nSPS) is 19.6. The van der Waals surface area contributed by atoms with Gasteiger partial charge in [0.25, 0.3) is 10.1 Å². The van der Waals surface area contributed by atoms with Gasteiger partial charge < -0.3 is 0 Å². The van der Waals surface area contributed by atoms with Crippen molar-refractivity contribution in [3.05, 3.63) is 119 Å². The zero-order valence-electron chi connectivity index (χ0n) is 18.3. The molecule has 9 heteroatoms. The Morgan fingerprint density at radius 1 is 0.571 bits per heavy atom. The fourth-order valence-corrected chi connectivity index (χ4v) is 4.42. The first-order chi connectivity index (χ1) is 16.4. The number of aliphatic imine (C=N–C) groups is 4. The second-order valence-electron chi connectivity index (χ2n) is 7.94. The van der Waals surface area contributed by atoms with Crippen molar-refractivity contribution in [2.24, 2.45) is 20.0 Å². The Bertz CT molecular complexity index is 1640. The van der Waals surface area contributed by atoms with E-state index in [9.17, 15) is 13.0 Å². The standard InChI is InChI=1S/C26H16N4O3S.Zn/c31-34(32,33)24-9-1-16(2-10-24)25-14-23-13-21-6-5-19(28-21)11-17-3-4-18(27-17)12-20-7-8-22(29-20)15-26(25)30-23;/h1-15H,(H,31,32,33);. The molecule has 0 fully saturated rings. The van der Waals surface area contributed by atoms with Gasteiger partial charge in [-0.2, -0.15) is 8.42 Å². The summed E-state index contributed by atoms with van der Waals surface area (Å²) in [5.41, 5.74) is 7.71. The van der Waals surface area contributed by atoms with Crippen molar-refractivity contribution in [3.63, 3.8) is 0 Å². The predicted octanol–water partition coefficient (Wildman–Crippen LogP) is 4.35. The van der Waals surface area contributed by atoms with Gasteiger partial charge in [-0.15, -0.1) is 0 Å². The molecule has 1 aromatic carbocycles. The van der Waals surface area contributed by atoms with Crippen LogP contribution in [0, 0.1) is 0 Å². The van der Waals surface area contributed by atoms with E-state index in [0.717, 1.165) is 45.4 Å². The molecular weight excluding hydrogens is 514 g/mol. The monoisotopic (exact) mass is 528 g/mol. The fourth-order valence-electron chi connectivity index (χ4n) is 3.94. The molecule has 5 aliphatic rings. The van der Waals surface area contributed by atoms with E-state index in [4.69, 9.17) is 4.99 Å². The van der Waals surface area contributed by atoms with Crippen LogP contribution in [0.1, 0.15) is 5.56 Å². The van der Waals surface area contributed by atoms with Gasteiger partial charge >= 0.3 is 0 Å². The van der Waals surface area contributed by atoms with E-state index < -0.39 is 10.1 Å². The molecule has 1 N–H and O–H groups in total. The molecule has 0 amide bonds. The van der Waals surface area contributed by atoms with Crippen LogP contribution in [0.25, 0.3) is 5.57 Å². The number of allylic oxidation sites excluding steroid dienone is 12. The summed E-state index contributed by atoms with van der Waals surface area (Å²) in [7, 11) is -4.27. The molecule has 5 heterocycles. The third kappa shape index (κ3) is 4.79. The number of hydrogen-bond acceptors (Lipinski definition) is 6. The summed E-state index contributed by atoms with van der Waals surface area (Å²) in [4.78, 5) is 18.5. The molecule has 0 aliphatic carbocycles. The zero-order chi connectivity index (χ0) is 23.3. The topological polar surface area (TPSA) is 104 Å². The van der Waals surface area contributed by atoms with Crippen LogP contribution < -0.4 is 0 Å². The molecule has 0 unspecified atom stereocenters. The molecule has 0 saturated carbocycles. The molecule has 0 aromatic heterocycles. The van der Waals surface area contributed by atoms with Crippen molar-refractivity contribution in [1.29, 1.82) is 0 Å². The van der Waals surface area contributed by atoms with Crippen molar-refractivity contribution >= 4 is 38.5 Å². The van der Waals surface area contributed by atoms with Crippen LogP contribution in [0.4, 0.5) is 0 Å². The first-order valence-electron chi connectivity index (χ1n) is 10.4. The summed E-state index contributed by atoms with van der Waals surface area (Å²) in [5.74, 6) is 0. The Balaban J connectivity index is 0.00000253. The quantitative estimate of drug-likeness (QED) is 0.455. The van der Waals surface area contributed by atoms with Crippen molar-refractivity contribution in [2.75, 3.05) is 0 Å². The Kier molecular flexibility index (Phi) is 5.85. The first kappa shape index (κ1) is 23.1. The van der Waals surface area contributed by atoms with Crippen LogP contribution in [0.3, 0.4) is 0 Å². The van der Waals surface area contributed by atoms with Crippen molar-refractivity contribution < 1.29 is 32.4 Å². The Morgan fingerprint density at radius 2 is 1.06 bits per heavy atom. The van der Waals surface area contributed by atoms with E-state index in [1.54, 1.807) is 12.1 Å². The number of hydrogen-bond donors (Lipinski definition) is 1. The summed E-state index contributed by atoms with van der Waals surface area (Å²) < 4.78 is 32.1. The van der Waals surface area contributed by atoms with Gasteiger partial charge in [-0.1, -0.05) is 12.1 Å².